The van der Waals surface area contributed by atoms with Gasteiger partial charge in [0.2, 0.25) is 0 Å². The van der Waals surface area contributed by atoms with Crippen LogP contribution in [-0.2, 0) is 13.0 Å². The predicted molar refractivity (Wildman–Crippen MR) is 90.1 cm³/mol. The summed E-state index contributed by atoms with van der Waals surface area (Å²) in [4.78, 5) is 24.0. The van der Waals surface area contributed by atoms with E-state index in [9.17, 15) is 9.59 Å². The Hall–Kier alpha value is -3.16. The van der Waals surface area contributed by atoms with E-state index in [0.717, 1.165) is 11.5 Å². The fraction of sp³-hybridized carbons (Fsp3) is 0.250. The first-order valence-electron chi connectivity index (χ1n) is 7.72. The molecule has 0 saturated carbocycles. The van der Waals surface area contributed by atoms with Gasteiger partial charge >= 0.3 is 6.03 Å². The van der Waals surface area contributed by atoms with Gasteiger partial charge in [-0.25, -0.2) is 4.79 Å². The van der Waals surface area contributed by atoms with Gasteiger partial charge in [0, 0.05) is 31.9 Å². The van der Waals surface area contributed by atoms with Crippen molar-refractivity contribution in [1.29, 1.82) is 0 Å². The Morgan fingerprint density at radius 1 is 1.17 bits per heavy atom. The second-order valence-electron chi connectivity index (χ2n) is 5.19. The van der Waals surface area contributed by atoms with Crippen LogP contribution in [0.3, 0.4) is 0 Å². The minimum absolute atomic E-state index is 0.224. The van der Waals surface area contributed by atoms with E-state index >= 15 is 0 Å². The lowest BCUT2D eigenvalue weighted by atomic mass is 10.4. The number of urea groups is 1. The first-order valence-corrected chi connectivity index (χ1v) is 7.72. The molecule has 8 heteroatoms. The van der Waals surface area contributed by atoms with Crippen LogP contribution in [0.4, 0.5) is 10.5 Å². The highest BCUT2D eigenvalue weighted by molar-refractivity contribution is 5.88. The maximum atomic E-state index is 12.0. The van der Waals surface area contributed by atoms with Crippen molar-refractivity contribution in [3.8, 4) is 0 Å². The van der Waals surface area contributed by atoms with Crippen molar-refractivity contribution in [2.75, 3.05) is 11.9 Å². The van der Waals surface area contributed by atoms with E-state index in [4.69, 9.17) is 0 Å². The SMILES string of the molecule is CCn1cccc(NC(=O)NCCc2nnc3ccccn23)c1=O. The Balaban J connectivity index is 1.57. The van der Waals surface area contributed by atoms with Crippen molar-refractivity contribution in [2.45, 2.75) is 19.9 Å². The molecule has 2 amide bonds. The lowest BCUT2D eigenvalue weighted by molar-refractivity contribution is 0.252. The molecular weight excluding hydrogens is 308 g/mol. The number of carbonyl (C=O) groups is 1. The molecule has 24 heavy (non-hydrogen) atoms. The van der Waals surface area contributed by atoms with Crippen LogP contribution in [0.25, 0.3) is 5.65 Å². The summed E-state index contributed by atoms with van der Waals surface area (Å²) in [6.07, 6.45) is 4.09. The van der Waals surface area contributed by atoms with Crippen LogP contribution in [0.15, 0.2) is 47.5 Å². The highest BCUT2D eigenvalue weighted by Crippen LogP contribution is 2.03. The van der Waals surface area contributed by atoms with Crippen LogP contribution in [0.2, 0.25) is 0 Å². The summed E-state index contributed by atoms with van der Waals surface area (Å²) >= 11 is 0. The summed E-state index contributed by atoms with van der Waals surface area (Å²) < 4.78 is 3.40. The zero-order valence-electron chi connectivity index (χ0n) is 13.3. The van der Waals surface area contributed by atoms with Crippen LogP contribution in [0, 0.1) is 0 Å². The summed E-state index contributed by atoms with van der Waals surface area (Å²) in [5, 5.41) is 13.5. The zero-order valence-corrected chi connectivity index (χ0v) is 13.3. The molecule has 0 bridgehead atoms. The molecule has 2 N–H and O–H groups in total. The number of fused-ring (bicyclic) bond motifs is 1. The lowest BCUT2D eigenvalue weighted by Gasteiger charge is -2.08. The van der Waals surface area contributed by atoms with E-state index in [2.05, 4.69) is 20.8 Å². The molecular formula is C16H18N6O2. The van der Waals surface area contributed by atoms with Crippen molar-refractivity contribution < 1.29 is 4.79 Å². The Bertz CT molecular complexity index is 914. The number of rotatable bonds is 5. The Morgan fingerprint density at radius 3 is 2.88 bits per heavy atom. The fourth-order valence-electron chi connectivity index (χ4n) is 2.40. The van der Waals surface area contributed by atoms with E-state index < -0.39 is 6.03 Å². The molecule has 3 aromatic rings. The van der Waals surface area contributed by atoms with E-state index in [1.165, 1.54) is 4.57 Å². The summed E-state index contributed by atoms with van der Waals surface area (Å²) in [6.45, 7) is 2.81. The number of amides is 2. The highest BCUT2D eigenvalue weighted by atomic mass is 16.2. The third-order valence-corrected chi connectivity index (χ3v) is 3.63. The first-order chi connectivity index (χ1) is 11.7. The van der Waals surface area contributed by atoms with E-state index in [1.807, 2.05) is 35.7 Å². The van der Waals surface area contributed by atoms with E-state index in [-0.39, 0.29) is 11.2 Å². The van der Waals surface area contributed by atoms with Crippen molar-refractivity contribution >= 4 is 17.4 Å². The smallest absolute Gasteiger partial charge is 0.319 e. The molecule has 0 aliphatic rings. The molecule has 0 spiro atoms. The maximum absolute atomic E-state index is 12.0. The van der Waals surface area contributed by atoms with Gasteiger partial charge in [0.05, 0.1) is 0 Å². The van der Waals surface area contributed by atoms with Gasteiger partial charge in [-0.15, -0.1) is 10.2 Å². The van der Waals surface area contributed by atoms with Gasteiger partial charge in [-0.1, -0.05) is 6.07 Å². The number of nitrogens with zero attached hydrogens (tertiary/aromatic N) is 4. The van der Waals surface area contributed by atoms with Gasteiger partial charge < -0.3 is 15.2 Å². The number of hydrogen-bond acceptors (Lipinski definition) is 4. The quantitative estimate of drug-likeness (QED) is 0.738. The molecule has 0 aliphatic carbocycles. The number of aromatic nitrogens is 4. The van der Waals surface area contributed by atoms with Crippen LogP contribution in [0.5, 0.6) is 0 Å². The number of aryl methyl sites for hydroxylation is 1. The molecule has 0 saturated heterocycles. The molecule has 0 aromatic carbocycles. The minimum atomic E-state index is -0.422. The summed E-state index contributed by atoms with van der Waals surface area (Å²) in [6, 6.07) is 8.54. The van der Waals surface area contributed by atoms with Crippen molar-refractivity contribution in [3.05, 3.63) is 58.9 Å². The van der Waals surface area contributed by atoms with Gasteiger partial charge in [0.1, 0.15) is 11.5 Å². The molecule has 3 aromatic heterocycles. The van der Waals surface area contributed by atoms with Crippen LogP contribution >= 0.6 is 0 Å². The highest BCUT2D eigenvalue weighted by Gasteiger charge is 2.08. The van der Waals surface area contributed by atoms with Crippen LogP contribution < -0.4 is 16.2 Å². The maximum Gasteiger partial charge on any atom is 0.319 e. The third kappa shape index (κ3) is 3.27. The summed E-state index contributed by atoms with van der Waals surface area (Å²) in [7, 11) is 0. The summed E-state index contributed by atoms with van der Waals surface area (Å²) in [5.74, 6) is 0.763. The van der Waals surface area contributed by atoms with Gasteiger partial charge in [-0.3, -0.25) is 9.20 Å². The second-order valence-corrected chi connectivity index (χ2v) is 5.19. The van der Waals surface area contributed by atoms with Gasteiger partial charge in [-0.05, 0) is 31.2 Å². The molecule has 124 valence electrons. The Labute approximate surface area is 138 Å². The van der Waals surface area contributed by atoms with Gasteiger partial charge in [0.15, 0.2) is 5.65 Å². The van der Waals surface area contributed by atoms with Crippen molar-refractivity contribution in [1.82, 2.24) is 24.5 Å². The van der Waals surface area contributed by atoms with Crippen molar-refractivity contribution in [3.63, 3.8) is 0 Å². The first kappa shape index (κ1) is 15.7. The topological polar surface area (TPSA) is 93.3 Å². The van der Waals surface area contributed by atoms with E-state index in [0.29, 0.717) is 19.5 Å². The Morgan fingerprint density at radius 2 is 2.04 bits per heavy atom. The molecule has 3 heterocycles. The van der Waals surface area contributed by atoms with E-state index in [1.54, 1.807) is 18.3 Å². The van der Waals surface area contributed by atoms with Crippen LogP contribution in [0.1, 0.15) is 12.7 Å². The van der Waals surface area contributed by atoms with Gasteiger partial charge in [0.25, 0.3) is 5.56 Å². The van der Waals surface area contributed by atoms with Crippen LogP contribution in [-0.4, -0.2) is 31.7 Å². The number of nitrogens with one attached hydrogen (secondary N) is 2. The van der Waals surface area contributed by atoms with Gasteiger partial charge in [-0.2, -0.15) is 0 Å². The second kappa shape index (κ2) is 6.95. The Kier molecular flexibility index (Phi) is 4.55. The molecule has 0 radical (unpaired) electrons. The fourth-order valence-corrected chi connectivity index (χ4v) is 2.40. The normalized spacial score (nSPS) is 10.7. The molecule has 0 aliphatic heterocycles. The number of anilines is 1. The predicted octanol–water partition coefficient (Wildman–Crippen LogP) is 1.28. The van der Waals surface area contributed by atoms with Crippen molar-refractivity contribution in [2.24, 2.45) is 0 Å². The molecule has 3 rings (SSSR count). The largest absolute Gasteiger partial charge is 0.337 e. The third-order valence-electron chi connectivity index (χ3n) is 3.63. The molecule has 0 unspecified atom stereocenters. The molecule has 0 atom stereocenters. The zero-order chi connectivity index (χ0) is 16.9. The molecule has 8 nitrogen and oxygen atoms in total. The number of pyridine rings is 2. The lowest BCUT2D eigenvalue weighted by Crippen LogP contribution is -2.33. The monoisotopic (exact) mass is 326 g/mol. The number of carbonyl (C=O) groups excluding carboxylic acids is 1. The minimum Gasteiger partial charge on any atom is -0.337 e. The standard InChI is InChI=1S/C16H18N6O2/c1-2-21-10-5-6-12(15(21)23)18-16(24)17-9-8-14-20-19-13-7-3-4-11-22(13)14/h3-7,10-11H,2,8-9H2,1H3,(H2,17,18,24). The number of hydrogen-bond donors (Lipinski definition) is 2. The molecule has 0 fully saturated rings. The average Bonchev–Trinajstić information content (AvgIpc) is 3.00. The summed E-state index contributed by atoms with van der Waals surface area (Å²) in [5.41, 5.74) is 0.796. The average molecular weight is 326 g/mol.